The van der Waals surface area contributed by atoms with Gasteiger partial charge in [-0.15, -0.1) is 10.2 Å². The lowest BCUT2D eigenvalue weighted by molar-refractivity contribution is 0.421. The third-order valence-electron chi connectivity index (χ3n) is 4.14. The van der Waals surface area contributed by atoms with Crippen LogP contribution in [0.25, 0.3) is 22.5 Å². The van der Waals surface area contributed by atoms with Crippen molar-refractivity contribution < 1.29 is 8.91 Å². The molecule has 0 radical (unpaired) electrons. The Hall–Kier alpha value is -2.74. The van der Waals surface area contributed by atoms with Gasteiger partial charge >= 0.3 is 0 Å². The molecule has 9 heteroatoms. The summed E-state index contributed by atoms with van der Waals surface area (Å²) in [5.41, 5.74) is 1.30. The number of aromatic nitrogens is 6. The number of aryl methyl sites for hydroxylation is 3. The molecule has 0 aliphatic rings. The molecule has 4 aromatic rings. The Morgan fingerprint density at radius 1 is 1.28 bits per heavy atom. The van der Waals surface area contributed by atoms with Crippen molar-refractivity contribution in [2.24, 2.45) is 7.05 Å². The zero-order valence-corrected chi connectivity index (χ0v) is 14.3. The van der Waals surface area contributed by atoms with Crippen LogP contribution >= 0.6 is 11.6 Å². The van der Waals surface area contributed by atoms with Gasteiger partial charge in [-0.25, -0.2) is 4.39 Å². The van der Waals surface area contributed by atoms with Crippen LogP contribution in [0.15, 0.2) is 22.7 Å². The van der Waals surface area contributed by atoms with E-state index in [4.69, 9.17) is 16.1 Å². The number of H-pyrrole nitrogens is 1. The molecule has 1 N–H and O–H groups in total. The molecule has 128 valence electrons. The van der Waals surface area contributed by atoms with E-state index in [1.165, 1.54) is 6.07 Å². The van der Waals surface area contributed by atoms with Crippen molar-refractivity contribution in [1.82, 2.24) is 29.9 Å². The van der Waals surface area contributed by atoms with Crippen LogP contribution in [0.2, 0.25) is 5.02 Å². The zero-order chi connectivity index (χ0) is 17.6. The summed E-state index contributed by atoms with van der Waals surface area (Å²) in [6.45, 7) is 1.90. The van der Waals surface area contributed by atoms with Crippen molar-refractivity contribution in [3.8, 4) is 11.6 Å². The SMILES string of the molecule is Cc1nnc(CCc2noc(-c3cc4c(Cl)c(F)ccc4[nH]3)n2)n1C. The van der Waals surface area contributed by atoms with Gasteiger partial charge in [0.15, 0.2) is 5.82 Å². The lowest BCUT2D eigenvalue weighted by Gasteiger charge is -1.98. The Morgan fingerprint density at radius 2 is 2.12 bits per heavy atom. The Balaban J connectivity index is 1.57. The number of nitrogens with one attached hydrogen (secondary N) is 1. The molecule has 7 nitrogen and oxygen atoms in total. The standard InChI is InChI=1S/C16H14ClFN6O/c1-8-21-22-14(24(8)2)6-5-13-20-16(25-23-13)12-7-9-11(19-12)4-3-10(18)15(9)17/h3-4,7,19H,5-6H2,1-2H3. The van der Waals surface area contributed by atoms with Crippen molar-refractivity contribution in [1.29, 1.82) is 0 Å². The number of fused-ring (bicyclic) bond motifs is 1. The van der Waals surface area contributed by atoms with Crippen LogP contribution in [-0.4, -0.2) is 29.9 Å². The minimum absolute atomic E-state index is 0.0670. The van der Waals surface area contributed by atoms with Gasteiger partial charge < -0.3 is 14.1 Å². The third-order valence-corrected chi connectivity index (χ3v) is 4.53. The molecule has 25 heavy (non-hydrogen) atoms. The van der Waals surface area contributed by atoms with E-state index in [1.807, 2.05) is 18.5 Å². The molecular formula is C16H14ClFN6O. The fourth-order valence-corrected chi connectivity index (χ4v) is 2.83. The molecule has 3 heterocycles. The van der Waals surface area contributed by atoms with Crippen LogP contribution in [0.4, 0.5) is 4.39 Å². The smallest absolute Gasteiger partial charge is 0.274 e. The third kappa shape index (κ3) is 2.78. The molecule has 3 aromatic heterocycles. The van der Waals surface area contributed by atoms with Crippen molar-refractivity contribution >= 4 is 22.5 Å². The van der Waals surface area contributed by atoms with Gasteiger partial charge in [-0.2, -0.15) is 4.98 Å². The first-order valence-electron chi connectivity index (χ1n) is 7.67. The second-order valence-corrected chi connectivity index (χ2v) is 6.12. The quantitative estimate of drug-likeness (QED) is 0.604. The fourth-order valence-electron chi connectivity index (χ4n) is 2.61. The van der Waals surface area contributed by atoms with Gasteiger partial charge in [-0.1, -0.05) is 16.8 Å². The summed E-state index contributed by atoms with van der Waals surface area (Å²) in [6.07, 6.45) is 1.23. The Kier molecular flexibility index (Phi) is 3.76. The highest BCUT2D eigenvalue weighted by molar-refractivity contribution is 6.35. The highest BCUT2D eigenvalue weighted by Gasteiger charge is 2.15. The lowest BCUT2D eigenvalue weighted by atomic mass is 10.2. The summed E-state index contributed by atoms with van der Waals surface area (Å²) in [7, 11) is 1.92. The molecule has 0 fully saturated rings. The largest absolute Gasteiger partial charge is 0.350 e. The van der Waals surface area contributed by atoms with Crippen molar-refractivity contribution in [3.05, 3.63) is 46.5 Å². The summed E-state index contributed by atoms with van der Waals surface area (Å²) in [5.74, 6) is 2.14. The molecule has 0 bridgehead atoms. The molecule has 4 rings (SSSR count). The van der Waals surface area contributed by atoms with E-state index < -0.39 is 5.82 Å². The molecule has 0 aliphatic heterocycles. The van der Waals surface area contributed by atoms with E-state index in [0.717, 1.165) is 11.6 Å². The topological polar surface area (TPSA) is 85.4 Å². The van der Waals surface area contributed by atoms with E-state index in [2.05, 4.69) is 25.3 Å². The number of hydrogen-bond acceptors (Lipinski definition) is 5. The number of benzene rings is 1. The predicted molar refractivity (Wildman–Crippen MR) is 89.7 cm³/mol. The molecule has 1 aromatic carbocycles. The van der Waals surface area contributed by atoms with Gasteiger partial charge in [0.2, 0.25) is 0 Å². The Morgan fingerprint density at radius 3 is 2.88 bits per heavy atom. The second kappa shape index (κ2) is 5.96. The number of halogens is 2. The van der Waals surface area contributed by atoms with Crippen LogP contribution in [0.5, 0.6) is 0 Å². The summed E-state index contributed by atoms with van der Waals surface area (Å²) in [6, 6.07) is 4.63. The Labute approximate surface area is 146 Å². The summed E-state index contributed by atoms with van der Waals surface area (Å²) >= 11 is 5.99. The lowest BCUT2D eigenvalue weighted by Crippen LogP contribution is -2.02. The van der Waals surface area contributed by atoms with Crippen LogP contribution < -0.4 is 0 Å². The molecule has 0 amide bonds. The first-order valence-corrected chi connectivity index (χ1v) is 8.05. The molecule has 0 atom stereocenters. The number of rotatable bonds is 4. The van der Waals surface area contributed by atoms with E-state index in [0.29, 0.717) is 41.2 Å². The molecule has 0 saturated carbocycles. The van der Waals surface area contributed by atoms with Gasteiger partial charge in [0.25, 0.3) is 5.89 Å². The second-order valence-electron chi connectivity index (χ2n) is 5.74. The minimum Gasteiger partial charge on any atom is -0.350 e. The average molecular weight is 361 g/mol. The van der Waals surface area contributed by atoms with E-state index >= 15 is 0 Å². The number of hydrogen-bond donors (Lipinski definition) is 1. The van der Waals surface area contributed by atoms with Crippen LogP contribution in [0.1, 0.15) is 17.5 Å². The first kappa shape index (κ1) is 15.8. The zero-order valence-electron chi connectivity index (χ0n) is 13.5. The van der Waals surface area contributed by atoms with Crippen molar-refractivity contribution in [2.75, 3.05) is 0 Å². The van der Waals surface area contributed by atoms with Crippen LogP contribution in [0, 0.1) is 12.7 Å². The summed E-state index contributed by atoms with van der Waals surface area (Å²) in [4.78, 5) is 7.48. The normalized spacial score (nSPS) is 11.5. The number of aromatic amines is 1. The van der Waals surface area contributed by atoms with Gasteiger partial charge in [0.05, 0.1) is 5.02 Å². The van der Waals surface area contributed by atoms with E-state index in [-0.39, 0.29) is 5.02 Å². The summed E-state index contributed by atoms with van der Waals surface area (Å²) in [5, 5.41) is 12.8. The minimum atomic E-state index is -0.468. The maximum atomic E-state index is 13.6. The van der Waals surface area contributed by atoms with E-state index in [1.54, 1.807) is 12.1 Å². The van der Waals surface area contributed by atoms with Gasteiger partial charge in [-0.05, 0) is 25.1 Å². The first-order chi connectivity index (χ1) is 12.0. The molecule has 0 unspecified atom stereocenters. The fraction of sp³-hybridized carbons (Fsp3) is 0.250. The van der Waals surface area contributed by atoms with Crippen molar-refractivity contribution in [3.63, 3.8) is 0 Å². The monoisotopic (exact) mass is 360 g/mol. The summed E-state index contributed by atoms with van der Waals surface area (Å²) < 4.78 is 20.8. The highest BCUT2D eigenvalue weighted by atomic mass is 35.5. The van der Waals surface area contributed by atoms with Gasteiger partial charge in [0.1, 0.15) is 23.2 Å². The molecule has 0 saturated heterocycles. The average Bonchev–Trinajstić information content (AvgIpc) is 3.30. The molecule has 0 aliphatic carbocycles. The van der Waals surface area contributed by atoms with Crippen LogP contribution in [-0.2, 0) is 19.9 Å². The maximum Gasteiger partial charge on any atom is 0.274 e. The van der Waals surface area contributed by atoms with Crippen molar-refractivity contribution in [2.45, 2.75) is 19.8 Å². The van der Waals surface area contributed by atoms with Gasteiger partial charge in [-0.3, -0.25) is 0 Å². The van der Waals surface area contributed by atoms with Crippen LogP contribution in [0.3, 0.4) is 0 Å². The number of nitrogens with zero attached hydrogens (tertiary/aromatic N) is 5. The highest BCUT2D eigenvalue weighted by Crippen LogP contribution is 2.30. The maximum absolute atomic E-state index is 13.6. The Bertz CT molecular complexity index is 1070. The van der Waals surface area contributed by atoms with E-state index in [9.17, 15) is 4.39 Å². The molecular weight excluding hydrogens is 347 g/mol. The molecule has 0 spiro atoms. The predicted octanol–water partition coefficient (Wildman–Crippen LogP) is 3.23. The van der Waals surface area contributed by atoms with Gasteiger partial charge in [0, 0.05) is 30.8 Å².